The summed E-state index contributed by atoms with van der Waals surface area (Å²) in [5, 5.41) is 0. The van der Waals surface area contributed by atoms with Crippen molar-refractivity contribution in [1.82, 2.24) is 4.98 Å². The van der Waals surface area contributed by atoms with Crippen LogP contribution in [0.15, 0.2) is 28.7 Å². The second-order valence-corrected chi connectivity index (χ2v) is 6.88. The average Bonchev–Trinajstić information content (AvgIpc) is 2.74. The zero-order valence-electron chi connectivity index (χ0n) is 10.1. The van der Waals surface area contributed by atoms with Crippen molar-refractivity contribution in [1.29, 1.82) is 0 Å². The number of halogens is 1. The lowest BCUT2D eigenvalue weighted by Gasteiger charge is -2.06. The van der Waals surface area contributed by atoms with Gasteiger partial charge in [-0.2, -0.15) is 0 Å². The smallest absolute Gasteiger partial charge is 0.271 e. The summed E-state index contributed by atoms with van der Waals surface area (Å²) in [4.78, 5) is 4.34. The van der Waals surface area contributed by atoms with Crippen LogP contribution in [0.3, 0.4) is 0 Å². The van der Waals surface area contributed by atoms with Gasteiger partial charge < -0.3 is 5.73 Å². The number of anilines is 1. The molecule has 8 heteroatoms. The van der Waals surface area contributed by atoms with E-state index in [1.165, 1.54) is 18.3 Å². The van der Waals surface area contributed by atoms with Crippen LogP contribution in [-0.2, 0) is 16.6 Å². The SMILES string of the molecule is Cc1cc(S(=O)(=O)Nc2ccncc2F)sc1CN. The zero-order valence-corrected chi connectivity index (χ0v) is 11.7. The highest BCUT2D eigenvalue weighted by molar-refractivity contribution is 7.94. The number of sulfonamides is 1. The average molecular weight is 301 g/mol. The van der Waals surface area contributed by atoms with Gasteiger partial charge in [0.05, 0.1) is 11.9 Å². The first-order valence-electron chi connectivity index (χ1n) is 5.36. The van der Waals surface area contributed by atoms with Crippen LogP contribution in [0, 0.1) is 12.7 Å². The van der Waals surface area contributed by atoms with Crippen LogP contribution in [0.25, 0.3) is 0 Å². The molecule has 0 bridgehead atoms. The number of thiophene rings is 1. The van der Waals surface area contributed by atoms with Crippen LogP contribution in [0.2, 0.25) is 0 Å². The summed E-state index contributed by atoms with van der Waals surface area (Å²) in [5.74, 6) is -0.724. The van der Waals surface area contributed by atoms with Gasteiger partial charge in [0, 0.05) is 17.6 Å². The lowest BCUT2D eigenvalue weighted by molar-refractivity contribution is 0.599. The van der Waals surface area contributed by atoms with Gasteiger partial charge in [-0.3, -0.25) is 9.71 Å². The second kappa shape index (κ2) is 5.24. The van der Waals surface area contributed by atoms with E-state index in [-0.39, 0.29) is 16.4 Å². The third-order valence-corrected chi connectivity index (χ3v) is 5.56. The molecule has 0 unspecified atom stereocenters. The van der Waals surface area contributed by atoms with Gasteiger partial charge in [-0.15, -0.1) is 11.3 Å². The number of nitrogens with two attached hydrogens (primary N) is 1. The molecule has 0 saturated carbocycles. The molecule has 102 valence electrons. The zero-order chi connectivity index (χ0) is 14.0. The molecule has 0 aliphatic carbocycles. The largest absolute Gasteiger partial charge is 0.326 e. The molecular formula is C11H12FN3O2S2. The molecule has 2 aromatic rings. The predicted octanol–water partition coefficient (Wildman–Crippen LogP) is 1.85. The van der Waals surface area contributed by atoms with E-state index in [0.717, 1.165) is 28.0 Å². The highest BCUT2D eigenvalue weighted by Gasteiger charge is 2.20. The first-order chi connectivity index (χ1) is 8.94. The van der Waals surface area contributed by atoms with Gasteiger partial charge in [-0.05, 0) is 24.6 Å². The Hall–Kier alpha value is -1.51. The predicted molar refractivity (Wildman–Crippen MR) is 72.0 cm³/mol. The Morgan fingerprint density at radius 2 is 2.26 bits per heavy atom. The van der Waals surface area contributed by atoms with Crippen molar-refractivity contribution in [2.24, 2.45) is 5.73 Å². The van der Waals surface area contributed by atoms with E-state index in [1.807, 2.05) is 0 Å². The molecule has 2 aromatic heterocycles. The Morgan fingerprint density at radius 3 is 2.84 bits per heavy atom. The number of nitrogens with zero attached hydrogens (tertiary/aromatic N) is 1. The second-order valence-electron chi connectivity index (χ2n) is 3.84. The Bertz CT molecular complexity index is 698. The maximum absolute atomic E-state index is 13.4. The molecule has 0 amide bonds. The summed E-state index contributed by atoms with van der Waals surface area (Å²) in [5.41, 5.74) is 6.19. The van der Waals surface area contributed by atoms with Crippen molar-refractivity contribution >= 4 is 27.0 Å². The van der Waals surface area contributed by atoms with E-state index >= 15 is 0 Å². The van der Waals surface area contributed by atoms with Crippen molar-refractivity contribution in [2.75, 3.05) is 4.72 Å². The minimum Gasteiger partial charge on any atom is -0.326 e. The molecule has 19 heavy (non-hydrogen) atoms. The van der Waals surface area contributed by atoms with Crippen LogP contribution in [-0.4, -0.2) is 13.4 Å². The van der Waals surface area contributed by atoms with Crippen molar-refractivity contribution in [3.63, 3.8) is 0 Å². The third-order valence-electron chi connectivity index (χ3n) is 2.47. The van der Waals surface area contributed by atoms with E-state index in [9.17, 15) is 12.8 Å². The fraction of sp³-hybridized carbons (Fsp3) is 0.182. The number of rotatable bonds is 4. The van der Waals surface area contributed by atoms with Crippen LogP contribution in [0.1, 0.15) is 10.4 Å². The highest BCUT2D eigenvalue weighted by Crippen LogP contribution is 2.27. The number of nitrogens with one attached hydrogen (secondary N) is 1. The quantitative estimate of drug-likeness (QED) is 0.902. The Balaban J connectivity index is 2.35. The van der Waals surface area contributed by atoms with Gasteiger partial charge in [-0.1, -0.05) is 0 Å². The van der Waals surface area contributed by atoms with Crippen molar-refractivity contribution in [2.45, 2.75) is 17.7 Å². The summed E-state index contributed by atoms with van der Waals surface area (Å²) in [7, 11) is -3.80. The van der Waals surface area contributed by atoms with E-state index in [1.54, 1.807) is 6.92 Å². The van der Waals surface area contributed by atoms with E-state index in [0.29, 0.717) is 0 Å². The first kappa shape index (κ1) is 13.9. The molecule has 0 aliphatic heterocycles. The molecule has 2 rings (SSSR count). The van der Waals surface area contributed by atoms with E-state index in [2.05, 4.69) is 9.71 Å². The Morgan fingerprint density at radius 1 is 1.53 bits per heavy atom. The Labute approximate surface area is 114 Å². The maximum Gasteiger partial charge on any atom is 0.271 e. The fourth-order valence-electron chi connectivity index (χ4n) is 1.48. The lowest BCUT2D eigenvalue weighted by Crippen LogP contribution is -2.12. The maximum atomic E-state index is 13.4. The minimum absolute atomic E-state index is 0.113. The van der Waals surface area contributed by atoms with Crippen LogP contribution in [0.5, 0.6) is 0 Å². The molecular weight excluding hydrogens is 289 g/mol. The summed E-state index contributed by atoms with van der Waals surface area (Å²) < 4.78 is 39.9. The topological polar surface area (TPSA) is 85.1 Å². The van der Waals surface area contributed by atoms with Gasteiger partial charge in [-0.25, -0.2) is 12.8 Å². The molecule has 0 saturated heterocycles. The summed E-state index contributed by atoms with van der Waals surface area (Å²) in [6.45, 7) is 2.06. The fourth-order valence-corrected chi connectivity index (χ4v) is 4.01. The molecule has 0 aromatic carbocycles. The van der Waals surface area contributed by atoms with Gasteiger partial charge >= 0.3 is 0 Å². The molecule has 5 nitrogen and oxygen atoms in total. The van der Waals surface area contributed by atoms with Crippen LogP contribution in [0.4, 0.5) is 10.1 Å². The van der Waals surface area contributed by atoms with Crippen molar-refractivity contribution in [3.05, 3.63) is 40.8 Å². The molecule has 3 N–H and O–H groups in total. The lowest BCUT2D eigenvalue weighted by atomic mass is 10.3. The van der Waals surface area contributed by atoms with E-state index < -0.39 is 15.8 Å². The number of hydrogen-bond donors (Lipinski definition) is 2. The van der Waals surface area contributed by atoms with Gasteiger partial charge in [0.25, 0.3) is 10.0 Å². The van der Waals surface area contributed by atoms with Gasteiger partial charge in [0.15, 0.2) is 5.82 Å². The standard InChI is InChI=1S/C11H12FN3O2S2/c1-7-4-11(18-10(7)5-13)19(16,17)15-9-2-3-14-6-8(9)12/h2-4,6H,5,13H2,1H3,(H,14,15). The summed E-state index contributed by atoms with van der Waals surface area (Å²) in [6.07, 6.45) is 2.26. The molecule has 0 radical (unpaired) electrons. The number of aryl methyl sites for hydroxylation is 1. The van der Waals surface area contributed by atoms with Crippen molar-refractivity contribution in [3.8, 4) is 0 Å². The third kappa shape index (κ3) is 2.91. The summed E-state index contributed by atoms with van der Waals surface area (Å²) in [6, 6.07) is 2.78. The minimum atomic E-state index is -3.80. The van der Waals surface area contributed by atoms with Crippen LogP contribution >= 0.6 is 11.3 Å². The first-order valence-corrected chi connectivity index (χ1v) is 7.65. The molecule has 0 spiro atoms. The number of aromatic nitrogens is 1. The molecule has 2 heterocycles. The van der Waals surface area contributed by atoms with Crippen molar-refractivity contribution < 1.29 is 12.8 Å². The molecule has 0 fully saturated rings. The molecule has 0 atom stereocenters. The Kier molecular flexibility index (Phi) is 3.83. The normalized spacial score (nSPS) is 11.5. The van der Waals surface area contributed by atoms with Gasteiger partial charge in [0.2, 0.25) is 0 Å². The highest BCUT2D eigenvalue weighted by atomic mass is 32.2. The molecule has 0 aliphatic rings. The van der Waals surface area contributed by atoms with E-state index in [4.69, 9.17) is 5.73 Å². The van der Waals surface area contributed by atoms with Gasteiger partial charge in [0.1, 0.15) is 4.21 Å². The summed E-state index contributed by atoms with van der Waals surface area (Å²) >= 11 is 1.08. The van der Waals surface area contributed by atoms with Crippen LogP contribution < -0.4 is 10.5 Å². The monoisotopic (exact) mass is 301 g/mol. The number of pyridine rings is 1. The number of hydrogen-bond acceptors (Lipinski definition) is 5.